The van der Waals surface area contributed by atoms with Crippen LogP contribution in [0.4, 0.5) is 5.69 Å². The van der Waals surface area contributed by atoms with E-state index >= 15 is 0 Å². The van der Waals surface area contributed by atoms with Crippen LogP contribution in [-0.4, -0.2) is 23.4 Å². The number of rotatable bonds is 6. The fourth-order valence-corrected chi connectivity index (χ4v) is 3.27. The van der Waals surface area contributed by atoms with Gasteiger partial charge in [-0.15, -0.1) is 0 Å². The average molecular weight is 365 g/mol. The standard InChI is InChI=1S/C22H23NO4/c1-4-27-17-12-8-11-16(13-17)23-19(15-9-6-5-7-10-15)18(20(24)14(2)3)21(25)22(23)26/h5-14,19,25H,4H2,1-3H3. The average Bonchev–Trinajstić information content (AvgIpc) is 2.93. The number of carbonyl (C=O) groups excluding carboxylic acids is 2. The highest BCUT2D eigenvalue weighted by Crippen LogP contribution is 2.42. The number of hydrogen-bond acceptors (Lipinski definition) is 4. The third kappa shape index (κ3) is 3.45. The fourth-order valence-electron chi connectivity index (χ4n) is 3.27. The Morgan fingerprint density at radius 1 is 1.15 bits per heavy atom. The molecule has 140 valence electrons. The first-order valence-electron chi connectivity index (χ1n) is 9.04. The lowest BCUT2D eigenvalue weighted by Gasteiger charge is -2.27. The summed E-state index contributed by atoms with van der Waals surface area (Å²) in [4.78, 5) is 27.2. The molecule has 0 saturated heterocycles. The van der Waals surface area contributed by atoms with Crippen LogP contribution < -0.4 is 9.64 Å². The van der Waals surface area contributed by atoms with Crippen LogP contribution in [0.3, 0.4) is 0 Å². The summed E-state index contributed by atoms with van der Waals surface area (Å²) in [5.41, 5.74) is 1.47. The first kappa shape index (κ1) is 18.7. The van der Waals surface area contributed by atoms with Gasteiger partial charge in [-0.05, 0) is 24.6 Å². The molecule has 5 nitrogen and oxygen atoms in total. The summed E-state index contributed by atoms with van der Waals surface area (Å²) in [6.07, 6.45) is 0. The summed E-state index contributed by atoms with van der Waals surface area (Å²) < 4.78 is 5.54. The molecule has 1 aliphatic rings. The quantitative estimate of drug-likeness (QED) is 0.833. The van der Waals surface area contributed by atoms with E-state index in [1.165, 1.54) is 4.90 Å². The second kappa shape index (κ2) is 7.66. The molecule has 0 radical (unpaired) electrons. The Bertz CT molecular complexity index is 886. The molecule has 5 heteroatoms. The molecular formula is C22H23NO4. The van der Waals surface area contributed by atoms with Crippen LogP contribution in [0.5, 0.6) is 5.75 Å². The van der Waals surface area contributed by atoms with Gasteiger partial charge < -0.3 is 9.84 Å². The molecule has 3 rings (SSSR count). The zero-order valence-corrected chi connectivity index (χ0v) is 15.7. The molecule has 0 aromatic heterocycles. The summed E-state index contributed by atoms with van der Waals surface area (Å²) in [6, 6.07) is 15.7. The molecule has 0 spiro atoms. The highest BCUT2D eigenvalue weighted by molar-refractivity contribution is 6.16. The number of aliphatic hydroxyl groups is 1. The third-order valence-corrected chi connectivity index (χ3v) is 4.52. The monoisotopic (exact) mass is 365 g/mol. The number of carbonyl (C=O) groups is 2. The van der Waals surface area contributed by atoms with Crippen molar-refractivity contribution in [1.82, 2.24) is 0 Å². The van der Waals surface area contributed by atoms with Crippen molar-refractivity contribution >= 4 is 17.4 Å². The maximum absolute atomic E-state index is 12.9. The van der Waals surface area contributed by atoms with Crippen molar-refractivity contribution in [1.29, 1.82) is 0 Å². The largest absolute Gasteiger partial charge is 0.503 e. The normalized spacial score (nSPS) is 17.0. The van der Waals surface area contributed by atoms with Gasteiger partial charge >= 0.3 is 0 Å². The first-order chi connectivity index (χ1) is 13.0. The smallest absolute Gasteiger partial charge is 0.294 e. The molecular weight excluding hydrogens is 342 g/mol. The molecule has 1 heterocycles. The van der Waals surface area contributed by atoms with E-state index in [0.29, 0.717) is 18.0 Å². The van der Waals surface area contributed by atoms with Gasteiger partial charge in [0.25, 0.3) is 5.91 Å². The summed E-state index contributed by atoms with van der Waals surface area (Å²) in [5.74, 6) is -1.02. The number of hydrogen-bond donors (Lipinski definition) is 1. The lowest BCUT2D eigenvalue weighted by atomic mass is 9.91. The van der Waals surface area contributed by atoms with Crippen molar-refractivity contribution in [2.75, 3.05) is 11.5 Å². The minimum atomic E-state index is -0.675. The number of nitrogens with zero attached hydrogens (tertiary/aromatic N) is 1. The van der Waals surface area contributed by atoms with E-state index in [9.17, 15) is 14.7 Å². The van der Waals surface area contributed by atoms with Crippen LogP contribution >= 0.6 is 0 Å². The maximum atomic E-state index is 12.9. The van der Waals surface area contributed by atoms with Gasteiger partial charge in [-0.1, -0.05) is 50.2 Å². The van der Waals surface area contributed by atoms with Gasteiger partial charge in [0.15, 0.2) is 11.5 Å². The topological polar surface area (TPSA) is 66.8 Å². The SMILES string of the molecule is CCOc1cccc(N2C(=O)C(O)=C(C(=O)C(C)C)C2c2ccccc2)c1. The van der Waals surface area contributed by atoms with Crippen molar-refractivity contribution in [2.45, 2.75) is 26.8 Å². The predicted octanol–water partition coefficient (Wildman–Crippen LogP) is 4.21. The van der Waals surface area contributed by atoms with Crippen molar-refractivity contribution in [2.24, 2.45) is 5.92 Å². The molecule has 2 aromatic carbocycles. The molecule has 0 bridgehead atoms. The number of anilines is 1. The Morgan fingerprint density at radius 2 is 1.85 bits per heavy atom. The minimum Gasteiger partial charge on any atom is -0.503 e. The van der Waals surface area contributed by atoms with Crippen molar-refractivity contribution in [3.8, 4) is 5.75 Å². The molecule has 1 unspecified atom stereocenters. The van der Waals surface area contributed by atoms with E-state index in [1.54, 1.807) is 38.1 Å². The molecule has 0 fully saturated rings. The van der Waals surface area contributed by atoms with E-state index in [2.05, 4.69) is 0 Å². The van der Waals surface area contributed by atoms with Crippen LogP contribution in [0.1, 0.15) is 32.4 Å². The van der Waals surface area contributed by atoms with Crippen LogP contribution in [0.2, 0.25) is 0 Å². The fraction of sp³-hybridized carbons (Fsp3) is 0.273. The number of amides is 1. The second-order valence-corrected chi connectivity index (χ2v) is 6.70. The molecule has 1 aliphatic heterocycles. The molecule has 27 heavy (non-hydrogen) atoms. The highest BCUT2D eigenvalue weighted by atomic mass is 16.5. The van der Waals surface area contributed by atoms with E-state index in [0.717, 1.165) is 5.56 Å². The Labute approximate surface area is 158 Å². The van der Waals surface area contributed by atoms with Gasteiger partial charge in [-0.3, -0.25) is 14.5 Å². The summed E-state index contributed by atoms with van der Waals surface area (Å²) >= 11 is 0. The van der Waals surface area contributed by atoms with E-state index in [-0.39, 0.29) is 17.3 Å². The maximum Gasteiger partial charge on any atom is 0.294 e. The van der Waals surface area contributed by atoms with Gasteiger partial charge in [0.05, 0.1) is 18.2 Å². The predicted molar refractivity (Wildman–Crippen MR) is 104 cm³/mol. The Kier molecular flexibility index (Phi) is 5.31. The number of ether oxygens (including phenoxy) is 1. The lowest BCUT2D eigenvalue weighted by molar-refractivity contribution is -0.119. The van der Waals surface area contributed by atoms with Crippen LogP contribution in [0.15, 0.2) is 65.9 Å². The second-order valence-electron chi connectivity index (χ2n) is 6.70. The summed E-state index contributed by atoms with van der Waals surface area (Å²) in [7, 11) is 0. The summed E-state index contributed by atoms with van der Waals surface area (Å²) in [5, 5.41) is 10.5. The minimum absolute atomic E-state index is 0.142. The Hall–Kier alpha value is -3.08. The zero-order chi connectivity index (χ0) is 19.6. The molecule has 1 N–H and O–H groups in total. The van der Waals surface area contributed by atoms with Gasteiger partial charge in [0.2, 0.25) is 0 Å². The van der Waals surface area contributed by atoms with Crippen molar-refractivity contribution in [3.63, 3.8) is 0 Å². The van der Waals surface area contributed by atoms with Gasteiger partial charge in [0.1, 0.15) is 5.75 Å². The Balaban J connectivity index is 2.14. The van der Waals surface area contributed by atoms with E-state index < -0.39 is 17.7 Å². The highest BCUT2D eigenvalue weighted by Gasteiger charge is 2.44. The molecule has 1 atom stereocenters. The lowest BCUT2D eigenvalue weighted by Crippen LogP contribution is -2.31. The number of aliphatic hydroxyl groups excluding tert-OH is 1. The number of ketones is 1. The number of benzene rings is 2. The zero-order valence-electron chi connectivity index (χ0n) is 15.7. The Morgan fingerprint density at radius 3 is 2.48 bits per heavy atom. The van der Waals surface area contributed by atoms with Crippen molar-refractivity contribution in [3.05, 3.63) is 71.5 Å². The molecule has 0 saturated carbocycles. The van der Waals surface area contributed by atoms with Gasteiger partial charge in [-0.2, -0.15) is 0 Å². The van der Waals surface area contributed by atoms with Crippen molar-refractivity contribution < 1.29 is 19.4 Å². The van der Waals surface area contributed by atoms with Crippen LogP contribution in [-0.2, 0) is 9.59 Å². The van der Waals surface area contributed by atoms with E-state index in [4.69, 9.17) is 4.74 Å². The van der Waals surface area contributed by atoms with Crippen LogP contribution in [0, 0.1) is 5.92 Å². The van der Waals surface area contributed by atoms with Gasteiger partial charge in [-0.25, -0.2) is 0 Å². The molecule has 2 aromatic rings. The number of Topliss-reactive ketones (excluding diaryl/α,β-unsaturated/α-hetero) is 1. The van der Waals surface area contributed by atoms with Crippen LogP contribution in [0.25, 0.3) is 0 Å². The van der Waals surface area contributed by atoms with Gasteiger partial charge in [0, 0.05) is 17.7 Å². The summed E-state index contributed by atoms with van der Waals surface area (Å²) in [6.45, 7) is 5.90. The molecule has 1 amide bonds. The first-order valence-corrected chi connectivity index (χ1v) is 9.04. The molecule has 0 aliphatic carbocycles. The van der Waals surface area contributed by atoms with E-state index in [1.807, 2.05) is 37.3 Å². The third-order valence-electron chi connectivity index (χ3n) is 4.52.